The smallest absolute Gasteiger partial charge is 0.260 e. The molecule has 1 aromatic carbocycles. The van der Waals surface area contributed by atoms with Crippen molar-refractivity contribution in [3.05, 3.63) is 23.8 Å². The molecule has 1 aromatic rings. The van der Waals surface area contributed by atoms with E-state index in [1.54, 1.807) is 24.0 Å². The van der Waals surface area contributed by atoms with Gasteiger partial charge in [-0.2, -0.15) is 0 Å². The number of oxime groups is 1. The number of carbonyl (C=O) groups is 1. The molecule has 2 rings (SSSR count). The zero-order valence-corrected chi connectivity index (χ0v) is 12.1. The summed E-state index contributed by atoms with van der Waals surface area (Å²) >= 11 is 0. The van der Waals surface area contributed by atoms with Gasteiger partial charge in [-0.05, 0) is 38.3 Å². The minimum absolute atomic E-state index is 0.0358. The SMILES string of the molecule is C/C(=N\O)c1ccc(OCC(=O)N2CCCCC2)cc1O. The van der Waals surface area contributed by atoms with Crippen LogP contribution in [0.2, 0.25) is 0 Å². The Balaban J connectivity index is 1.94. The van der Waals surface area contributed by atoms with Gasteiger partial charge in [0, 0.05) is 24.7 Å². The Labute approximate surface area is 123 Å². The Morgan fingerprint density at radius 2 is 2.05 bits per heavy atom. The van der Waals surface area contributed by atoms with Crippen LogP contribution in [0.1, 0.15) is 31.7 Å². The highest BCUT2D eigenvalue weighted by molar-refractivity contribution is 6.00. The molecule has 1 aliphatic rings. The van der Waals surface area contributed by atoms with Gasteiger partial charge in [0.25, 0.3) is 5.91 Å². The maximum absolute atomic E-state index is 12.0. The van der Waals surface area contributed by atoms with E-state index in [1.807, 2.05) is 0 Å². The summed E-state index contributed by atoms with van der Waals surface area (Å²) in [4.78, 5) is 13.8. The van der Waals surface area contributed by atoms with Gasteiger partial charge in [-0.3, -0.25) is 4.79 Å². The highest BCUT2D eigenvalue weighted by Crippen LogP contribution is 2.24. The van der Waals surface area contributed by atoms with Crippen LogP contribution in [-0.4, -0.2) is 46.5 Å². The zero-order valence-electron chi connectivity index (χ0n) is 12.1. The van der Waals surface area contributed by atoms with Crippen molar-refractivity contribution in [1.29, 1.82) is 0 Å². The summed E-state index contributed by atoms with van der Waals surface area (Å²) < 4.78 is 5.42. The summed E-state index contributed by atoms with van der Waals surface area (Å²) in [7, 11) is 0. The average Bonchev–Trinajstić information content (AvgIpc) is 2.52. The van der Waals surface area contributed by atoms with Crippen LogP contribution in [-0.2, 0) is 4.79 Å². The van der Waals surface area contributed by atoms with Crippen LogP contribution in [0.4, 0.5) is 0 Å². The minimum atomic E-state index is -0.0479. The number of benzene rings is 1. The monoisotopic (exact) mass is 292 g/mol. The molecule has 2 N–H and O–H groups in total. The van der Waals surface area contributed by atoms with E-state index in [0.29, 0.717) is 17.0 Å². The molecule has 1 fully saturated rings. The maximum Gasteiger partial charge on any atom is 0.260 e. The molecule has 0 bridgehead atoms. The largest absolute Gasteiger partial charge is 0.507 e. The number of piperidine rings is 1. The Kier molecular flexibility index (Phi) is 5.03. The Bertz CT molecular complexity index is 536. The molecular weight excluding hydrogens is 272 g/mol. The second kappa shape index (κ2) is 6.97. The van der Waals surface area contributed by atoms with Crippen molar-refractivity contribution in [1.82, 2.24) is 4.90 Å². The fraction of sp³-hybridized carbons (Fsp3) is 0.467. The lowest BCUT2D eigenvalue weighted by Crippen LogP contribution is -2.38. The quantitative estimate of drug-likeness (QED) is 0.505. The fourth-order valence-corrected chi connectivity index (χ4v) is 2.34. The van der Waals surface area contributed by atoms with Crippen molar-refractivity contribution >= 4 is 11.6 Å². The first-order chi connectivity index (χ1) is 10.1. The predicted molar refractivity (Wildman–Crippen MR) is 78.0 cm³/mol. The van der Waals surface area contributed by atoms with Gasteiger partial charge in [-0.15, -0.1) is 0 Å². The van der Waals surface area contributed by atoms with E-state index >= 15 is 0 Å². The number of hydrogen-bond donors (Lipinski definition) is 2. The lowest BCUT2D eigenvalue weighted by molar-refractivity contribution is -0.134. The minimum Gasteiger partial charge on any atom is -0.507 e. The molecule has 0 spiro atoms. The molecule has 0 aromatic heterocycles. The first-order valence-electron chi connectivity index (χ1n) is 7.04. The molecule has 0 radical (unpaired) electrons. The van der Waals surface area contributed by atoms with E-state index in [1.165, 1.54) is 12.5 Å². The second-order valence-electron chi connectivity index (χ2n) is 5.09. The number of rotatable bonds is 4. The number of nitrogens with zero attached hydrogens (tertiary/aromatic N) is 2. The van der Waals surface area contributed by atoms with Gasteiger partial charge >= 0.3 is 0 Å². The number of ether oxygens (including phenoxy) is 1. The number of carbonyl (C=O) groups excluding carboxylic acids is 1. The summed E-state index contributed by atoms with van der Waals surface area (Å²) in [5, 5.41) is 21.6. The van der Waals surface area contributed by atoms with Crippen LogP contribution in [0.5, 0.6) is 11.5 Å². The summed E-state index contributed by atoms with van der Waals surface area (Å²) in [6.07, 6.45) is 3.26. The van der Waals surface area contributed by atoms with Crippen LogP contribution < -0.4 is 4.74 Å². The van der Waals surface area contributed by atoms with Crippen molar-refractivity contribution in [3.63, 3.8) is 0 Å². The number of phenolic OH excluding ortho intramolecular Hbond substituents is 1. The van der Waals surface area contributed by atoms with Crippen LogP contribution in [0.3, 0.4) is 0 Å². The van der Waals surface area contributed by atoms with Gasteiger partial charge in [0.15, 0.2) is 6.61 Å². The predicted octanol–water partition coefficient (Wildman–Crippen LogP) is 1.98. The van der Waals surface area contributed by atoms with Crippen molar-refractivity contribution in [3.8, 4) is 11.5 Å². The third kappa shape index (κ3) is 3.87. The van der Waals surface area contributed by atoms with E-state index in [9.17, 15) is 9.90 Å². The summed E-state index contributed by atoms with van der Waals surface area (Å²) in [6.45, 7) is 3.12. The zero-order chi connectivity index (χ0) is 15.2. The third-order valence-electron chi connectivity index (χ3n) is 3.58. The lowest BCUT2D eigenvalue weighted by Gasteiger charge is -2.26. The van der Waals surface area contributed by atoms with E-state index < -0.39 is 0 Å². The van der Waals surface area contributed by atoms with Gasteiger partial charge < -0.3 is 20.0 Å². The highest BCUT2D eigenvalue weighted by atomic mass is 16.5. The molecule has 0 atom stereocenters. The highest BCUT2D eigenvalue weighted by Gasteiger charge is 2.17. The number of hydrogen-bond acceptors (Lipinski definition) is 5. The molecular formula is C15H20N2O4. The molecule has 114 valence electrons. The average molecular weight is 292 g/mol. The molecule has 0 aliphatic carbocycles. The van der Waals surface area contributed by atoms with Crippen LogP contribution in [0, 0.1) is 0 Å². The summed E-state index contributed by atoms with van der Waals surface area (Å²) in [6, 6.07) is 4.63. The van der Waals surface area contributed by atoms with Gasteiger partial charge in [-0.1, -0.05) is 5.16 Å². The van der Waals surface area contributed by atoms with Gasteiger partial charge in [0.05, 0.1) is 5.71 Å². The Hall–Kier alpha value is -2.24. The van der Waals surface area contributed by atoms with Crippen molar-refractivity contribution < 1.29 is 19.8 Å². The molecule has 0 unspecified atom stereocenters. The Morgan fingerprint density at radius 3 is 2.67 bits per heavy atom. The molecule has 1 amide bonds. The number of aromatic hydroxyl groups is 1. The third-order valence-corrected chi connectivity index (χ3v) is 3.58. The van der Waals surface area contributed by atoms with Gasteiger partial charge in [-0.25, -0.2) is 0 Å². The van der Waals surface area contributed by atoms with Crippen LogP contribution in [0.25, 0.3) is 0 Å². The van der Waals surface area contributed by atoms with E-state index in [0.717, 1.165) is 25.9 Å². The van der Waals surface area contributed by atoms with Crippen LogP contribution >= 0.6 is 0 Å². The van der Waals surface area contributed by atoms with E-state index in [2.05, 4.69) is 5.16 Å². The maximum atomic E-state index is 12.0. The first-order valence-corrected chi connectivity index (χ1v) is 7.04. The van der Waals surface area contributed by atoms with E-state index in [4.69, 9.17) is 9.94 Å². The molecule has 6 nitrogen and oxygen atoms in total. The normalized spacial score (nSPS) is 15.9. The number of phenols is 1. The second-order valence-corrected chi connectivity index (χ2v) is 5.09. The van der Waals surface area contributed by atoms with Crippen molar-refractivity contribution in [2.45, 2.75) is 26.2 Å². The van der Waals surface area contributed by atoms with Gasteiger partial charge in [0.1, 0.15) is 11.5 Å². The first kappa shape index (κ1) is 15.2. The van der Waals surface area contributed by atoms with Crippen LogP contribution in [0.15, 0.2) is 23.4 Å². The number of amides is 1. The molecule has 6 heteroatoms. The molecule has 21 heavy (non-hydrogen) atoms. The summed E-state index contributed by atoms with van der Waals surface area (Å²) in [5.74, 6) is 0.326. The van der Waals surface area contributed by atoms with Crippen molar-refractivity contribution in [2.24, 2.45) is 5.16 Å². The topological polar surface area (TPSA) is 82.4 Å². The van der Waals surface area contributed by atoms with E-state index in [-0.39, 0.29) is 18.3 Å². The van der Waals surface area contributed by atoms with Crippen molar-refractivity contribution in [2.75, 3.05) is 19.7 Å². The lowest BCUT2D eigenvalue weighted by atomic mass is 10.1. The fourth-order valence-electron chi connectivity index (χ4n) is 2.34. The Morgan fingerprint density at radius 1 is 1.33 bits per heavy atom. The molecule has 1 saturated heterocycles. The summed E-state index contributed by atoms with van der Waals surface area (Å²) in [5.41, 5.74) is 0.732. The molecule has 0 saturated carbocycles. The number of likely N-dealkylation sites (tertiary alicyclic amines) is 1. The molecule has 1 heterocycles. The molecule has 1 aliphatic heterocycles. The van der Waals surface area contributed by atoms with Gasteiger partial charge in [0.2, 0.25) is 0 Å². The standard InChI is InChI=1S/C15H20N2O4/c1-11(16-20)13-6-5-12(9-14(13)18)21-10-15(19)17-7-3-2-4-8-17/h5-6,9,18,20H,2-4,7-8,10H2,1H3/b16-11+.